The fourth-order valence-electron chi connectivity index (χ4n) is 2.04. The molecule has 0 spiro atoms. The zero-order valence-electron chi connectivity index (χ0n) is 17.5. The van der Waals surface area contributed by atoms with Gasteiger partial charge in [0.1, 0.15) is 0 Å². The number of carbonyl (C=O) groups is 2. The van der Waals surface area contributed by atoms with E-state index < -0.39 is 90.5 Å². The second kappa shape index (κ2) is 11.3. The second-order valence-electron chi connectivity index (χ2n) is 6.96. The molecule has 2 N–H and O–H groups in total. The maximum absolute atomic E-state index is 13.7. The molecule has 0 amide bonds. The minimum Gasteiger partial charge on any atom is -0.481 e. The Morgan fingerprint density at radius 2 is 1.03 bits per heavy atom. The Morgan fingerprint density at radius 3 is 1.42 bits per heavy atom. The van der Waals surface area contributed by atoms with Crippen molar-refractivity contribution in [3.8, 4) is 0 Å². The third kappa shape index (κ3) is 6.43. The Morgan fingerprint density at radius 1 is 0.632 bits per heavy atom. The highest BCUT2D eigenvalue weighted by Gasteiger charge is 2.95. The first-order chi connectivity index (χ1) is 16.6. The Hall–Kier alpha value is -1.94. The van der Waals surface area contributed by atoms with Crippen molar-refractivity contribution in [2.75, 3.05) is 11.6 Å². The van der Waals surface area contributed by atoms with Crippen LogP contribution < -0.4 is 5.48 Å². The predicted molar refractivity (Wildman–Crippen MR) is 88.7 cm³/mol. The largest absolute Gasteiger partial charge is 0.481 e. The summed E-state index contributed by atoms with van der Waals surface area (Å²) in [4.78, 5) is 25.3. The normalized spacial score (nSPS) is 15.0. The van der Waals surface area contributed by atoms with Gasteiger partial charge in [0.25, 0.3) is 0 Å². The Labute approximate surface area is 203 Å². The van der Waals surface area contributed by atoms with Crippen molar-refractivity contribution in [3.05, 3.63) is 0 Å². The molecule has 0 heterocycles. The molecule has 5 nitrogen and oxygen atoms in total. The molecule has 0 aliphatic carbocycles. The van der Waals surface area contributed by atoms with Crippen LogP contribution >= 0.6 is 11.8 Å². The highest BCUT2D eigenvalue weighted by molar-refractivity contribution is 7.99. The van der Waals surface area contributed by atoms with Gasteiger partial charge in [-0.25, -0.2) is 0 Å². The first-order valence-corrected chi connectivity index (χ1v) is 10.1. The SMILES string of the molecule is O=C(O)CCC(=O)ONCSCCC(F)(F)C(F)(F)C(F)(F)C(F)(F)C(F)(F)C(F)(F)C(F)(F)C(F)(F)F. The molecule has 0 rings (SSSR count). The van der Waals surface area contributed by atoms with Crippen LogP contribution in [0.3, 0.4) is 0 Å². The van der Waals surface area contributed by atoms with Crippen molar-refractivity contribution in [1.29, 1.82) is 0 Å². The van der Waals surface area contributed by atoms with Gasteiger partial charge in [-0.2, -0.15) is 74.6 Å². The third-order valence-corrected chi connectivity index (χ3v) is 5.05. The van der Waals surface area contributed by atoms with Crippen molar-refractivity contribution >= 4 is 23.7 Å². The molecule has 0 atom stereocenters. The van der Waals surface area contributed by atoms with Crippen molar-refractivity contribution in [3.63, 3.8) is 0 Å². The number of alkyl halides is 17. The van der Waals surface area contributed by atoms with E-state index in [1.165, 1.54) is 0 Å². The lowest BCUT2D eigenvalue weighted by Gasteiger charge is -2.42. The summed E-state index contributed by atoms with van der Waals surface area (Å²) in [6.45, 7) is 0. The molecule has 38 heavy (non-hydrogen) atoms. The number of thioether (sulfide) groups is 1. The number of nitrogens with one attached hydrogen (secondary N) is 1. The molecule has 0 aromatic rings. The van der Waals surface area contributed by atoms with Crippen molar-refractivity contribution in [1.82, 2.24) is 5.48 Å². The zero-order valence-corrected chi connectivity index (χ0v) is 18.4. The van der Waals surface area contributed by atoms with Crippen LogP contribution in [0.5, 0.6) is 0 Å². The molecule has 0 saturated heterocycles. The van der Waals surface area contributed by atoms with Gasteiger partial charge in [-0.15, -0.1) is 17.2 Å². The van der Waals surface area contributed by atoms with Crippen LogP contribution in [0.2, 0.25) is 0 Å². The van der Waals surface area contributed by atoms with Crippen LogP contribution in [0.1, 0.15) is 19.3 Å². The fraction of sp³-hybridized carbons (Fsp3) is 0.867. The average molecular weight is 625 g/mol. The molecule has 0 aromatic heterocycles. The van der Waals surface area contributed by atoms with Gasteiger partial charge < -0.3 is 9.94 Å². The summed E-state index contributed by atoms with van der Waals surface area (Å²) in [5, 5.41) is 8.28. The highest BCUT2D eigenvalue weighted by Crippen LogP contribution is 2.64. The van der Waals surface area contributed by atoms with E-state index in [0.29, 0.717) is 0 Å². The molecule has 0 unspecified atom stereocenters. The maximum atomic E-state index is 13.7. The van der Waals surface area contributed by atoms with E-state index in [1.807, 2.05) is 0 Å². The van der Waals surface area contributed by atoms with Gasteiger partial charge in [-0.1, -0.05) is 0 Å². The van der Waals surface area contributed by atoms with Crippen LogP contribution in [0.15, 0.2) is 0 Å². The van der Waals surface area contributed by atoms with Crippen LogP contribution in [0, 0.1) is 0 Å². The van der Waals surface area contributed by atoms with Crippen LogP contribution in [-0.2, 0) is 14.4 Å². The van der Waals surface area contributed by atoms with Gasteiger partial charge in [-0.05, 0) is 0 Å². The topological polar surface area (TPSA) is 75.6 Å². The molecule has 0 bridgehead atoms. The molecule has 0 fully saturated rings. The van der Waals surface area contributed by atoms with Crippen molar-refractivity contribution < 1.29 is 94.2 Å². The first kappa shape index (κ1) is 36.1. The van der Waals surface area contributed by atoms with Crippen molar-refractivity contribution in [2.24, 2.45) is 0 Å². The first-order valence-electron chi connectivity index (χ1n) is 8.99. The molecule has 0 saturated carbocycles. The number of aliphatic carboxylic acids is 1. The quantitative estimate of drug-likeness (QED) is 0.101. The van der Waals surface area contributed by atoms with Gasteiger partial charge in [0.2, 0.25) is 0 Å². The maximum Gasteiger partial charge on any atom is 0.460 e. The predicted octanol–water partition coefficient (Wildman–Crippen LogP) is 5.99. The number of halogens is 17. The number of carbonyl (C=O) groups excluding carboxylic acids is 1. The second-order valence-corrected chi connectivity index (χ2v) is 8.07. The van der Waals surface area contributed by atoms with Crippen LogP contribution in [-0.4, -0.2) is 76.3 Å². The lowest BCUT2D eigenvalue weighted by atomic mass is 9.88. The standard InChI is InChI=1S/C15H12F17NO4S/c16-8(17,3-4-38-5-33-37-7(36)2-1-6(34)35)9(18,19)10(20,21)11(22,23)12(24,25)13(26,27)14(28,29)15(30,31)32/h33H,1-5H2,(H,34,35). The third-order valence-electron chi connectivity index (χ3n) is 4.24. The van der Waals surface area contributed by atoms with E-state index in [-0.39, 0.29) is 11.8 Å². The van der Waals surface area contributed by atoms with E-state index in [9.17, 15) is 84.2 Å². The number of carboxylic acids is 1. The monoisotopic (exact) mass is 625 g/mol. The van der Waals surface area contributed by atoms with Gasteiger partial charge in [-0.3, -0.25) is 9.59 Å². The summed E-state index contributed by atoms with van der Waals surface area (Å²) in [6, 6.07) is 0. The van der Waals surface area contributed by atoms with E-state index in [0.717, 1.165) is 0 Å². The number of hydroxylamine groups is 1. The summed E-state index contributed by atoms with van der Waals surface area (Å²) < 4.78 is 223. The molecular weight excluding hydrogens is 613 g/mol. The summed E-state index contributed by atoms with van der Waals surface area (Å²) in [5.74, 6) is -61.7. The van der Waals surface area contributed by atoms with E-state index in [4.69, 9.17) is 5.11 Å². The number of hydrogen-bond acceptors (Lipinski definition) is 5. The Balaban J connectivity index is 5.66. The summed E-state index contributed by atoms with van der Waals surface area (Å²) in [7, 11) is 0. The summed E-state index contributed by atoms with van der Waals surface area (Å²) in [5.41, 5.74) is 1.63. The summed E-state index contributed by atoms with van der Waals surface area (Å²) >= 11 is -0.0461. The van der Waals surface area contributed by atoms with Gasteiger partial charge in [0, 0.05) is 12.2 Å². The molecule has 0 aliphatic rings. The lowest BCUT2D eigenvalue weighted by Crippen LogP contribution is -2.74. The summed E-state index contributed by atoms with van der Waals surface area (Å²) in [6.07, 6.45) is -11.9. The molecule has 23 heteroatoms. The Bertz CT molecular complexity index is 846. The van der Waals surface area contributed by atoms with E-state index in [2.05, 4.69) is 4.84 Å². The molecular formula is C15H12F17NO4S. The van der Waals surface area contributed by atoms with Gasteiger partial charge >= 0.3 is 59.6 Å². The average Bonchev–Trinajstić information content (AvgIpc) is 2.72. The van der Waals surface area contributed by atoms with E-state index in [1.54, 1.807) is 5.48 Å². The van der Waals surface area contributed by atoms with Gasteiger partial charge in [0.05, 0.1) is 18.7 Å². The lowest BCUT2D eigenvalue weighted by molar-refractivity contribution is -0.461. The smallest absolute Gasteiger partial charge is 0.460 e. The number of rotatable bonds is 15. The molecule has 0 aliphatic heterocycles. The van der Waals surface area contributed by atoms with Crippen molar-refractivity contribution in [2.45, 2.75) is 66.9 Å². The molecule has 0 aromatic carbocycles. The zero-order chi connectivity index (χ0) is 30.8. The number of hydrogen-bond donors (Lipinski definition) is 2. The fourth-order valence-corrected chi connectivity index (χ4v) is 2.72. The highest BCUT2D eigenvalue weighted by atomic mass is 32.2. The minimum absolute atomic E-state index is 0.0461. The Kier molecular flexibility index (Phi) is 10.7. The van der Waals surface area contributed by atoms with Gasteiger partial charge in [0.15, 0.2) is 0 Å². The van der Waals surface area contributed by atoms with E-state index >= 15 is 0 Å². The number of carboxylic acid groups (broad SMARTS) is 1. The van der Waals surface area contributed by atoms with Crippen LogP contribution in [0.25, 0.3) is 0 Å². The molecule has 226 valence electrons. The van der Waals surface area contributed by atoms with Crippen LogP contribution in [0.4, 0.5) is 74.6 Å². The minimum atomic E-state index is -8.68. The molecule has 0 radical (unpaired) electrons.